The Hall–Kier alpha value is -2.82. The first-order chi connectivity index (χ1) is 11.6. The molecule has 0 saturated carbocycles. The van der Waals surface area contributed by atoms with E-state index in [9.17, 15) is 9.18 Å². The number of carbonyl (C=O) groups excluding carboxylic acids is 1. The van der Waals surface area contributed by atoms with Crippen molar-refractivity contribution < 1.29 is 13.9 Å². The summed E-state index contributed by atoms with van der Waals surface area (Å²) in [4.78, 5) is 15.8. The lowest BCUT2D eigenvalue weighted by molar-refractivity contribution is -0.144. The summed E-state index contributed by atoms with van der Waals surface area (Å²) in [6, 6.07) is 13.0. The maximum atomic E-state index is 13.1. The number of aromatic amines is 1. The molecule has 1 heterocycles. The predicted octanol–water partition coefficient (Wildman–Crippen LogP) is 4.33. The summed E-state index contributed by atoms with van der Waals surface area (Å²) < 4.78 is 18.4. The number of fused-ring (bicyclic) bond motifs is 1. The molecular weight excluding hydrogens is 307 g/mol. The number of hydrogen-bond donors (Lipinski definition) is 2. The van der Waals surface area contributed by atoms with Crippen LogP contribution in [0.1, 0.15) is 24.2 Å². The van der Waals surface area contributed by atoms with Crippen LogP contribution in [0.4, 0.5) is 10.1 Å². The van der Waals surface area contributed by atoms with E-state index in [0.29, 0.717) is 12.3 Å². The standard InChI is InChI=1S/C19H19FN2O2/c1-3-24-19(23)18(22-14-10-8-13(20)9-11-14)17-12(2)21-16-7-5-4-6-15(16)17/h4-11,18,21-22H,3H2,1-2H3. The first kappa shape index (κ1) is 16.1. The van der Waals surface area contributed by atoms with E-state index in [0.717, 1.165) is 22.2 Å². The Kier molecular flexibility index (Phi) is 4.51. The third kappa shape index (κ3) is 3.11. The zero-order valence-corrected chi connectivity index (χ0v) is 13.6. The van der Waals surface area contributed by atoms with E-state index in [4.69, 9.17) is 4.74 Å². The van der Waals surface area contributed by atoms with Gasteiger partial charge in [0, 0.05) is 27.8 Å². The van der Waals surface area contributed by atoms with Crippen molar-refractivity contribution >= 4 is 22.6 Å². The number of ether oxygens (including phenoxy) is 1. The van der Waals surface area contributed by atoms with Gasteiger partial charge in [0.2, 0.25) is 0 Å². The number of carbonyl (C=O) groups is 1. The smallest absolute Gasteiger partial charge is 0.333 e. The number of para-hydroxylation sites is 1. The monoisotopic (exact) mass is 326 g/mol. The molecule has 3 rings (SSSR count). The third-order valence-electron chi connectivity index (χ3n) is 3.91. The fourth-order valence-electron chi connectivity index (χ4n) is 2.86. The van der Waals surface area contributed by atoms with E-state index in [2.05, 4.69) is 10.3 Å². The summed E-state index contributed by atoms with van der Waals surface area (Å²) in [7, 11) is 0. The van der Waals surface area contributed by atoms with Crippen molar-refractivity contribution in [2.24, 2.45) is 0 Å². The second-order valence-corrected chi connectivity index (χ2v) is 5.55. The molecule has 0 spiro atoms. The fourth-order valence-corrected chi connectivity index (χ4v) is 2.86. The SMILES string of the molecule is CCOC(=O)C(Nc1ccc(F)cc1)c1c(C)[nH]c2ccccc12. The minimum Gasteiger partial charge on any atom is -0.464 e. The Morgan fingerprint density at radius 3 is 2.62 bits per heavy atom. The minimum atomic E-state index is -0.674. The van der Waals surface area contributed by atoms with E-state index in [1.54, 1.807) is 19.1 Å². The van der Waals surface area contributed by atoms with Gasteiger partial charge in [-0.1, -0.05) is 18.2 Å². The molecule has 1 aromatic heterocycles. The van der Waals surface area contributed by atoms with Crippen LogP contribution in [0.2, 0.25) is 0 Å². The second kappa shape index (κ2) is 6.74. The van der Waals surface area contributed by atoms with Gasteiger partial charge in [-0.25, -0.2) is 9.18 Å². The lowest BCUT2D eigenvalue weighted by atomic mass is 10.0. The van der Waals surface area contributed by atoms with Crippen molar-refractivity contribution in [2.75, 3.05) is 11.9 Å². The van der Waals surface area contributed by atoms with Crippen LogP contribution in [0.5, 0.6) is 0 Å². The Labute approximate surface area is 139 Å². The van der Waals surface area contributed by atoms with Crippen LogP contribution in [-0.2, 0) is 9.53 Å². The van der Waals surface area contributed by atoms with E-state index in [-0.39, 0.29) is 11.8 Å². The van der Waals surface area contributed by atoms with Crippen LogP contribution in [0.3, 0.4) is 0 Å². The zero-order chi connectivity index (χ0) is 17.1. The van der Waals surface area contributed by atoms with Gasteiger partial charge < -0.3 is 15.0 Å². The number of halogens is 1. The number of anilines is 1. The molecule has 1 atom stereocenters. The van der Waals surface area contributed by atoms with Crippen LogP contribution < -0.4 is 5.32 Å². The molecule has 0 aliphatic heterocycles. The molecule has 2 aromatic carbocycles. The zero-order valence-electron chi connectivity index (χ0n) is 13.6. The number of H-pyrrole nitrogens is 1. The first-order valence-electron chi connectivity index (χ1n) is 7.86. The molecule has 2 N–H and O–H groups in total. The summed E-state index contributed by atoms with van der Waals surface area (Å²) in [6.45, 7) is 3.99. The molecule has 0 saturated heterocycles. The first-order valence-corrected chi connectivity index (χ1v) is 7.86. The Bertz CT molecular complexity index is 855. The van der Waals surface area contributed by atoms with Gasteiger partial charge in [-0.15, -0.1) is 0 Å². The molecular formula is C19H19FN2O2. The molecule has 24 heavy (non-hydrogen) atoms. The number of hydrogen-bond acceptors (Lipinski definition) is 3. The van der Waals surface area contributed by atoms with E-state index in [1.165, 1.54) is 12.1 Å². The Balaban J connectivity index is 2.05. The lowest BCUT2D eigenvalue weighted by Crippen LogP contribution is -2.24. The van der Waals surface area contributed by atoms with Crippen LogP contribution in [0, 0.1) is 12.7 Å². The largest absolute Gasteiger partial charge is 0.464 e. The third-order valence-corrected chi connectivity index (χ3v) is 3.91. The van der Waals surface area contributed by atoms with Gasteiger partial charge in [-0.3, -0.25) is 0 Å². The van der Waals surface area contributed by atoms with Gasteiger partial charge in [0.15, 0.2) is 6.04 Å². The summed E-state index contributed by atoms with van der Waals surface area (Å²) >= 11 is 0. The summed E-state index contributed by atoms with van der Waals surface area (Å²) in [6.07, 6.45) is 0. The van der Waals surface area contributed by atoms with Crippen molar-refractivity contribution in [3.05, 3.63) is 65.6 Å². The summed E-state index contributed by atoms with van der Waals surface area (Å²) in [5.74, 6) is -0.689. The maximum Gasteiger partial charge on any atom is 0.333 e. The second-order valence-electron chi connectivity index (χ2n) is 5.55. The Morgan fingerprint density at radius 1 is 1.21 bits per heavy atom. The van der Waals surface area contributed by atoms with Gasteiger partial charge in [0.05, 0.1) is 6.61 Å². The normalized spacial score (nSPS) is 12.1. The molecule has 5 heteroatoms. The van der Waals surface area contributed by atoms with Crippen molar-refractivity contribution in [2.45, 2.75) is 19.9 Å². The maximum absolute atomic E-state index is 13.1. The van der Waals surface area contributed by atoms with E-state index >= 15 is 0 Å². The van der Waals surface area contributed by atoms with Crippen LogP contribution in [-0.4, -0.2) is 17.6 Å². The molecule has 0 amide bonds. The number of aromatic nitrogens is 1. The number of aryl methyl sites for hydroxylation is 1. The minimum absolute atomic E-state index is 0.293. The summed E-state index contributed by atoms with van der Waals surface area (Å²) in [5, 5.41) is 4.13. The van der Waals surface area contributed by atoms with Crippen molar-refractivity contribution in [3.8, 4) is 0 Å². The highest BCUT2D eigenvalue weighted by molar-refractivity contribution is 5.92. The molecule has 0 aliphatic carbocycles. The number of nitrogens with one attached hydrogen (secondary N) is 2. The predicted molar refractivity (Wildman–Crippen MR) is 92.4 cm³/mol. The highest BCUT2D eigenvalue weighted by Crippen LogP contribution is 2.31. The van der Waals surface area contributed by atoms with Crippen molar-refractivity contribution in [1.29, 1.82) is 0 Å². The quantitative estimate of drug-likeness (QED) is 0.686. The lowest BCUT2D eigenvalue weighted by Gasteiger charge is -2.19. The van der Waals surface area contributed by atoms with Gasteiger partial charge in [0.1, 0.15) is 5.82 Å². The molecule has 3 aromatic rings. The van der Waals surface area contributed by atoms with E-state index < -0.39 is 6.04 Å². The molecule has 4 nitrogen and oxygen atoms in total. The number of benzene rings is 2. The molecule has 0 radical (unpaired) electrons. The highest BCUT2D eigenvalue weighted by Gasteiger charge is 2.27. The molecule has 0 aliphatic rings. The summed E-state index contributed by atoms with van der Waals surface area (Å²) in [5.41, 5.74) is 3.34. The topological polar surface area (TPSA) is 54.1 Å². The van der Waals surface area contributed by atoms with E-state index in [1.807, 2.05) is 31.2 Å². The van der Waals surface area contributed by atoms with Gasteiger partial charge in [0.25, 0.3) is 0 Å². The molecule has 0 bridgehead atoms. The van der Waals surface area contributed by atoms with Crippen LogP contribution in [0.25, 0.3) is 10.9 Å². The van der Waals surface area contributed by atoms with Crippen molar-refractivity contribution in [1.82, 2.24) is 4.98 Å². The van der Waals surface area contributed by atoms with Crippen molar-refractivity contribution in [3.63, 3.8) is 0 Å². The average Bonchev–Trinajstić information content (AvgIpc) is 2.90. The Morgan fingerprint density at radius 2 is 1.92 bits per heavy atom. The van der Waals surface area contributed by atoms with Crippen LogP contribution in [0.15, 0.2) is 48.5 Å². The molecule has 0 fully saturated rings. The highest BCUT2D eigenvalue weighted by atomic mass is 19.1. The molecule has 1 unspecified atom stereocenters. The fraction of sp³-hybridized carbons (Fsp3) is 0.211. The number of rotatable bonds is 5. The van der Waals surface area contributed by atoms with Gasteiger partial charge in [-0.05, 0) is 44.2 Å². The molecule has 124 valence electrons. The van der Waals surface area contributed by atoms with Gasteiger partial charge in [-0.2, -0.15) is 0 Å². The number of esters is 1. The van der Waals surface area contributed by atoms with Gasteiger partial charge >= 0.3 is 5.97 Å². The van der Waals surface area contributed by atoms with Crippen LogP contribution >= 0.6 is 0 Å². The average molecular weight is 326 g/mol.